The normalized spacial score (nSPS) is 10.0. The Morgan fingerprint density at radius 1 is 1.18 bits per heavy atom. The molecule has 0 aliphatic carbocycles. The molecule has 92 valence electrons. The fraction of sp³-hybridized carbons (Fsp3) is 0.385. The molecule has 0 saturated heterocycles. The molecule has 0 saturated carbocycles. The number of rotatable bonds is 6. The van der Waals surface area contributed by atoms with E-state index in [1.807, 2.05) is 24.3 Å². The summed E-state index contributed by atoms with van der Waals surface area (Å²) in [7, 11) is 0. The fourth-order valence-electron chi connectivity index (χ4n) is 1.31. The number of anilines is 1. The molecular weight excluding hydrogens is 234 g/mol. The third kappa shape index (κ3) is 5.54. The molecule has 1 amide bonds. The van der Waals surface area contributed by atoms with Gasteiger partial charge in [-0.15, -0.1) is 11.8 Å². The van der Waals surface area contributed by atoms with Gasteiger partial charge in [-0.3, -0.25) is 4.79 Å². The minimum atomic E-state index is -0.115. The molecule has 1 aromatic carbocycles. The molecule has 0 unspecified atom stereocenters. The maximum Gasteiger partial charge on any atom is 0.224 e. The van der Waals surface area contributed by atoms with Crippen molar-refractivity contribution in [2.45, 2.75) is 31.6 Å². The smallest absolute Gasteiger partial charge is 0.224 e. The van der Waals surface area contributed by atoms with Crippen molar-refractivity contribution in [3.8, 4) is 0 Å². The third-order valence-corrected chi connectivity index (χ3v) is 3.05. The van der Waals surface area contributed by atoms with Crippen LogP contribution >= 0.6 is 11.8 Å². The molecule has 0 aromatic heterocycles. The molecule has 1 rings (SSSR count). The summed E-state index contributed by atoms with van der Waals surface area (Å²) in [6, 6.07) is 7.72. The van der Waals surface area contributed by atoms with Crippen LogP contribution in [-0.2, 0) is 9.59 Å². The van der Waals surface area contributed by atoms with Gasteiger partial charge in [-0.2, -0.15) is 0 Å². The number of nitrogens with one attached hydrogen (secondary N) is 1. The summed E-state index contributed by atoms with van der Waals surface area (Å²) in [5, 5.41) is 2.77. The first-order chi connectivity index (χ1) is 8.11. The van der Waals surface area contributed by atoms with Crippen molar-refractivity contribution in [3.63, 3.8) is 0 Å². The summed E-state index contributed by atoms with van der Waals surface area (Å²) in [5.41, 5.74) is 0.777. The van der Waals surface area contributed by atoms with Crippen LogP contribution in [0.4, 0.5) is 5.69 Å². The van der Waals surface area contributed by atoms with Crippen molar-refractivity contribution in [2.75, 3.05) is 11.1 Å². The first kappa shape index (κ1) is 13.8. The van der Waals surface area contributed by atoms with Crippen LogP contribution in [0.1, 0.15) is 26.7 Å². The van der Waals surface area contributed by atoms with E-state index in [-0.39, 0.29) is 18.1 Å². The van der Waals surface area contributed by atoms with E-state index in [0.717, 1.165) is 11.4 Å². The van der Waals surface area contributed by atoms with E-state index in [2.05, 4.69) is 12.2 Å². The summed E-state index contributed by atoms with van der Waals surface area (Å²) >= 11 is 1.76. The van der Waals surface area contributed by atoms with Gasteiger partial charge in [0.15, 0.2) is 0 Å². The largest absolute Gasteiger partial charge is 0.326 e. The summed E-state index contributed by atoms with van der Waals surface area (Å²) in [6.45, 7) is 3.59. The van der Waals surface area contributed by atoms with Gasteiger partial charge in [0.1, 0.15) is 5.78 Å². The Bertz CT molecular complexity index is 387. The molecule has 1 aromatic rings. The van der Waals surface area contributed by atoms with E-state index >= 15 is 0 Å². The molecular formula is C13H17NO2S. The van der Waals surface area contributed by atoms with E-state index < -0.39 is 0 Å². The lowest BCUT2D eigenvalue weighted by Crippen LogP contribution is -2.12. The average Bonchev–Trinajstić information content (AvgIpc) is 2.29. The van der Waals surface area contributed by atoms with Crippen LogP contribution in [0.25, 0.3) is 0 Å². The van der Waals surface area contributed by atoms with E-state index in [1.165, 1.54) is 11.8 Å². The van der Waals surface area contributed by atoms with Crippen LogP contribution in [0.15, 0.2) is 29.2 Å². The zero-order valence-corrected chi connectivity index (χ0v) is 11.0. The number of ketones is 1. The number of Topliss-reactive ketones (excluding diaryl/α,β-unsaturated/α-hetero) is 1. The second kappa shape index (κ2) is 7.12. The first-order valence-electron chi connectivity index (χ1n) is 5.64. The van der Waals surface area contributed by atoms with Crippen LogP contribution < -0.4 is 5.32 Å². The summed E-state index contributed by atoms with van der Waals surface area (Å²) in [6.07, 6.45) is 0.552. The van der Waals surface area contributed by atoms with E-state index in [1.54, 1.807) is 11.8 Å². The second-order valence-electron chi connectivity index (χ2n) is 3.71. The SMILES string of the molecule is CCSc1ccc(NC(=O)CCC(C)=O)cc1. The molecule has 1 N–H and O–H groups in total. The number of benzene rings is 1. The highest BCUT2D eigenvalue weighted by Crippen LogP contribution is 2.19. The molecule has 0 spiro atoms. The number of carbonyl (C=O) groups excluding carboxylic acids is 2. The molecule has 0 radical (unpaired) electrons. The topological polar surface area (TPSA) is 46.2 Å². The molecule has 0 aliphatic rings. The second-order valence-corrected chi connectivity index (χ2v) is 5.05. The van der Waals surface area contributed by atoms with Gasteiger partial charge < -0.3 is 10.1 Å². The van der Waals surface area contributed by atoms with Crippen LogP contribution in [0.2, 0.25) is 0 Å². The zero-order valence-electron chi connectivity index (χ0n) is 10.2. The quantitative estimate of drug-likeness (QED) is 0.790. The summed E-state index contributed by atoms with van der Waals surface area (Å²) in [5.74, 6) is 0.954. The van der Waals surface area contributed by atoms with Gasteiger partial charge in [0, 0.05) is 23.4 Å². The van der Waals surface area contributed by atoms with Crippen molar-refractivity contribution >= 4 is 29.1 Å². The van der Waals surface area contributed by atoms with Gasteiger partial charge in [0.2, 0.25) is 5.91 Å². The van der Waals surface area contributed by atoms with E-state index in [4.69, 9.17) is 0 Å². The first-order valence-corrected chi connectivity index (χ1v) is 6.62. The summed E-state index contributed by atoms with van der Waals surface area (Å²) in [4.78, 5) is 23.4. The van der Waals surface area contributed by atoms with Crippen molar-refractivity contribution in [1.82, 2.24) is 0 Å². The lowest BCUT2D eigenvalue weighted by atomic mass is 10.2. The number of hydrogen-bond donors (Lipinski definition) is 1. The van der Waals surface area contributed by atoms with Crippen molar-refractivity contribution in [2.24, 2.45) is 0 Å². The molecule has 0 bridgehead atoms. The Morgan fingerprint density at radius 3 is 2.35 bits per heavy atom. The zero-order chi connectivity index (χ0) is 12.7. The molecule has 0 aliphatic heterocycles. The Morgan fingerprint density at radius 2 is 1.82 bits per heavy atom. The number of hydrogen-bond acceptors (Lipinski definition) is 3. The highest BCUT2D eigenvalue weighted by molar-refractivity contribution is 7.99. The lowest BCUT2D eigenvalue weighted by molar-refractivity contribution is -0.121. The van der Waals surface area contributed by atoms with Crippen molar-refractivity contribution in [1.29, 1.82) is 0 Å². The molecule has 4 heteroatoms. The number of amides is 1. The predicted molar refractivity (Wildman–Crippen MR) is 71.4 cm³/mol. The summed E-state index contributed by atoms with van der Waals surface area (Å²) < 4.78 is 0. The predicted octanol–water partition coefficient (Wildman–Crippen LogP) is 3.11. The van der Waals surface area contributed by atoms with Crippen molar-refractivity contribution < 1.29 is 9.59 Å². The highest BCUT2D eigenvalue weighted by atomic mass is 32.2. The minimum absolute atomic E-state index is 0.0369. The van der Waals surface area contributed by atoms with E-state index in [9.17, 15) is 9.59 Å². The third-order valence-electron chi connectivity index (χ3n) is 2.15. The minimum Gasteiger partial charge on any atom is -0.326 e. The van der Waals surface area contributed by atoms with Gasteiger partial charge in [0.05, 0.1) is 0 Å². The Hall–Kier alpha value is -1.29. The fourth-order valence-corrected chi connectivity index (χ4v) is 1.98. The molecule has 0 atom stereocenters. The van der Waals surface area contributed by atoms with Gasteiger partial charge in [-0.05, 0) is 36.9 Å². The lowest BCUT2D eigenvalue weighted by Gasteiger charge is -2.05. The Kier molecular flexibility index (Phi) is 5.77. The van der Waals surface area contributed by atoms with Crippen molar-refractivity contribution in [3.05, 3.63) is 24.3 Å². The number of carbonyl (C=O) groups is 2. The molecule has 0 fully saturated rings. The van der Waals surface area contributed by atoms with Crippen LogP contribution in [0.3, 0.4) is 0 Å². The van der Waals surface area contributed by atoms with Crippen LogP contribution in [0.5, 0.6) is 0 Å². The van der Waals surface area contributed by atoms with Gasteiger partial charge >= 0.3 is 0 Å². The Balaban J connectivity index is 2.45. The maximum atomic E-state index is 11.5. The van der Waals surface area contributed by atoms with Crippen LogP contribution in [-0.4, -0.2) is 17.4 Å². The van der Waals surface area contributed by atoms with Crippen LogP contribution in [0, 0.1) is 0 Å². The Labute approximate surface area is 106 Å². The molecule has 0 heterocycles. The van der Waals surface area contributed by atoms with Gasteiger partial charge in [-0.25, -0.2) is 0 Å². The monoisotopic (exact) mass is 251 g/mol. The number of thioether (sulfide) groups is 1. The molecule has 17 heavy (non-hydrogen) atoms. The molecule has 3 nitrogen and oxygen atoms in total. The standard InChI is InChI=1S/C13H17NO2S/c1-3-17-12-7-5-11(6-8-12)14-13(16)9-4-10(2)15/h5-8H,3-4,9H2,1-2H3,(H,14,16). The average molecular weight is 251 g/mol. The maximum absolute atomic E-state index is 11.5. The highest BCUT2D eigenvalue weighted by Gasteiger charge is 2.04. The van der Waals surface area contributed by atoms with Gasteiger partial charge in [-0.1, -0.05) is 6.92 Å². The van der Waals surface area contributed by atoms with Gasteiger partial charge in [0.25, 0.3) is 0 Å². The van der Waals surface area contributed by atoms with E-state index in [0.29, 0.717) is 6.42 Å².